The molecule has 0 radical (unpaired) electrons. The Labute approximate surface area is 103 Å². The fraction of sp³-hybridized carbons (Fsp3) is 0.733. The number of rotatable bonds is 1. The van der Waals surface area contributed by atoms with Crippen LogP contribution >= 0.6 is 0 Å². The monoisotopic (exact) mass is 234 g/mol. The third-order valence-corrected chi connectivity index (χ3v) is 5.30. The van der Waals surface area contributed by atoms with Crippen molar-refractivity contribution in [3.05, 3.63) is 23.3 Å². The first-order valence-electron chi connectivity index (χ1n) is 6.61. The molecular weight excluding hydrogens is 212 g/mol. The number of aliphatic hydroxyl groups excluding tert-OH is 2. The van der Waals surface area contributed by atoms with E-state index in [0.717, 1.165) is 12.0 Å². The molecule has 0 heterocycles. The largest absolute Gasteiger partial charge is 0.392 e. The van der Waals surface area contributed by atoms with E-state index in [1.54, 1.807) is 0 Å². The zero-order valence-corrected chi connectivity index (χ0v) is 10.9. The summed E-state index contributed by atoms with van der Waals surface area (Å²) in [6.07, 6.45) is 6.16. The van der Waals surface area contributed by atoms with E-state index in [0.29, 0.717) is 17.3 Å². The fourth-order valence-electron chi connectivity index (χ4n) is 4.40. The van der Waals surface area contributed by atoms with Gasteiger partial charge in [-0.05, 0) is 41.2 Å². The first-order valence-corrected chi connectivity index (χ1v) is 6.61. The lowest BCUT2D eigenvalue weighted by Crippen LogP contribution is -2.46. The van der Waals surface area contributed by atoms with Gasteiger partial charge in [-0.25, -0.2) is 0 Å². The van der Waals surface area contributed by atoms with Gasteiger partial charge in [0.25, 0.3) is 0 Å². The summed E-state index contributed by atoms with van der Waals surface area (Å²) in [5, 5.41) is 20.0. The number of aliphatic hydroxyl groups is 2. The summed E-state index contributed by atoms with van der Waals surface area (Å²) in [7, 11) is 0. The molecular formula is C15H22O2. The highest BCUT2D eigenvalue weighted by molar-refractivity contribution is 5.50. The van der Waals surface area contributed by atoms with Gasteiger partial charge in [-0.15, -0.1) is 0 Å². The van der Waals surface area contributed by atoms with E-state index in [2.05, 4.69) is 32.9 Å². The van der Waals surface area contributed by atoms with Crippen LogP contribution in [0.4, 0.5) is 0 Å². The molecule has 3 rings (SSSR count). The van der Waals surface area contributed by atoms with E-state index in [1.165, 1.54) is 12.0 Å². The Hall–Kier alpha value is -0.600. The lowest BCUT2D eigenvalue weighted by atomic mass is 9.55. The number of fused-ring (bicyclic) bond motifs is 3. The molecule has 2 nitrogen and oxygen atoms in total. The third-order valence-electron chi connectivity index (χ3n) is 5.30. The topological polar surface area (TPSA) is 40.5 Å². The van der Waals surface area contributed by atoms with Crippen LogP contribution in [0.3, 0.4) is 0 Å². The van der Waals surface area contributed by atoms with Gasteiger partial charge < -0.3 is 10.2 Å². The molecule has 0 saturated heterocycles. The molecule has 4 unspecified atom stereocenters. The predicted molar refractivity (Wildman–Crippen MR) is 67.4 cm³/mol. The van der Waals surface area contributed by atoms with Gasteiger partial charge in [0, 0.05) is 5.41 Å². The Bertz CT molecular complexity index is 419. The van der Waals surface area contributed by atoms with E-state index in [4.69, 9.17) is 0 Å². The van der Waals surface area contributed by atoms with Crippen LogP contribution in [0.25, 0.3) is 0 Å². The Balaban J connectivity index is 2.07. The van der Waals surface area contributed by atoms with Crippen molar-refractivity contribution in [1.82, 2.24) is 0 Å². The highest BCUT2D eigenvalue weighted by Gasteiger charge is 2.56. The van der Waals surface area contributed by atoms with Crippen LogP contribution in [0.5, 0.6) is 0 Å². The third kappa shape index (κ3) is 1.34. The highest BCUT2D eigenvalue weighted by atomic mass is 16.3. The van der Waals surface area contributed by atoms with E-state index in [9.17, 15) is 10.2 Å². The van der Waals surface area contributed by atoms with Crippen molar-refractivity contribution in [2.24, 2.45) is 22.7 Å². The molecule has 1 fully saturated rings. The fourth-order valence-corrected chi connectivity index (χ4v) is 4.40. The van der Waals surface area contributed by atoms with Crippen LogP contribution in [0.2, 0.25) is 0 Å². The predicted octanol–water partition coefficient (Wildman–Crippen LogP) is 2.28. The average molecular weight is 234 g/mol. The van der Waals surface area contributed by atoms with Crippen LogP contribution in [0.15, 0.2) is 23.3 Å². The Morgan fingerprint density at radius 2 is 2.00 bits per heavy atom. The Morgan fingerprint density at radius 3 is 2.53 bits per heavy atom. The van der Waals surface area contributed by atoms with Crippen molar-refractivity contribution in [2.75, 3.05) is 6.61 Å². The summed E-state index contributed by atoms with van der Waals surface area (Å²) in [6, 6.07) is 0. The van der Waals surface area contributed by atoms with Crippen molar-refractivity contribution in [1.29, 1.82) is 0 Å². The molecule has 4 atom stereocenters. The van der Waals surface area contributed by atoms with Crippen molar-refractivity contribution >= 4 is 0 Å². The molecule has 3 aliphatic rings. The zero-order valence-electron chi connectivity index (χ0n) is 10.9. The van der Waals surface area contributed by atoms with Gasteiger partial charge in [-0.1, -0.05) is 32.9 Å². The van der Waals surface area contributed by atoms with Gasteiger partial charge in [0.05, 0.1) is 12.7 Å². The van der Waals surface area contributed by atoms with Crippen LogP contribution in [0.1, 0.15) is 33.6 Å². The molecule has 1 saturated carbocycles. The molecule has 2 heteroatoms. The minimum absolute atomic E-state index is 0.0000779. The van der Waals surface area contributed by atoms with Crippen molar-refractivity contribution < 1.29 is 10.2 Å². The van der Waals surface area contributed by atoms with Crippen LogP contribution in [-0.4, -0.2) is 22.9 Å². The zero-order chi connectivity index (χ0) is 12.4. The Morgan fingerprint density at radius 1 is 1.29 bits per heavy atom. The molecule has 0 aromatic carbocycles. The quantitative estimate of drug-likeness (QED) is 0.730. The molecule has 0 bridgehead atoms. The normalized spacial score (nSPS) is 46.5. The molecule has 0 aliphatic heterocycles. The maximum atomic E-state index is 10.5. The summed E-state index contributed by atoms with van der Waals surface area (Å²) in [5.41, 5.74) is 2.49. The maximum Gasteiger partial charge on any atom is 0.0809 e. The molecule has 17 heavy (non-hydrogen) atoms. The lowest BCUT2D eigenvalue weighted by Gasteiger charge is -2.50. The minimum atomic E-state index is -0.431. The summed E-state index contributed by atoms with van der Waals surface area (Å²) >= 11 is 0. The molecule has 2 N–H and O–H groups in total. The molecule has 3 aliphatic carbocycles. The van der Waals surface area contributed by atoms with E-state index < -0.39 is 6.10 Å². The second kappa shape index (κ2) is 3.24. The SMILES string of the molecule is CC1(C)CC2C(O)C(CO)=C3C=CC3(C)C2C1. The van der Waals surface area contributed by atoms with Gasteiger partial charge >= 0.3 is 0 Å². The summed E-state index contributed by atoms with van der Waals surface area (Å²) in [5.74, 6) is 0.869. The van der Waals surface area contributed by atoms with E-state index >= 15 is 0 Å². The van der Waals surface area contributed by atoms with E-state index in [1.807, 2.05) is 0 Å². The van der Waals surface area contributed by atoms with Crippen molar-refractivity contribution in [3.63, 3.8) is 0 Å². The first kappa shape index (κ1) is 11.5. The standard InChI is InChI=1S/C15H22O2/c1-14(2)6-9-12(7-14)15(3)5-4-11(15)10(8-16)13(9)17/h4-5,9,12-13,16-17H,6-8H2,1-3H3. The molecule has 0 spiro atoms. The summed E-state index contributed by atoms with van der Waals surface area (Å²) in [4.78, 5) is 0. The summed E-state index contributed by atoms with van der Waals surface area (Å²) in [6.45, 7) is 6.85. The van der Waals surface area contributed by atoms with E-state index in [-0.39, 0.29) is 12.0 Å². The average Bonchev–Trinajstić information content (AvgIpc) is 2.57. The maximum absolute atomic E-state index is 10.5. The van der Waals surface area contributed by atoms with Gasteiger partial charge in [0.2, 0.25) is 0 Å². The second-order valence-electron chi connectivity index (χ2n) is 7.00. The molecule has 0 amide bonds. The second-order valence-corrected chi connectivity index (χ2v) is 7.00. The first-order chi connectivity index (χ1) is 7.89. The van der Waals surface area contributed by atoms with Gasteiger partial charge in [-0.2, -0.15) is 0 Å². The Kier molecular flexibility index (Phi) is 2.19. The lowest BCUT2D eigenvalue weighted by molar-refractivity contribution is 0.0531. The summed E-state index contributed by atoms with van der Waals surface area (Å²) < 4.78 is 0. The van der Waals surface area contributed by atoms with Gasteiger partial charge in [0.1, 0.15) is 0 Å². The van der Waals surface area contributed by atoms with Crippen LogP contribution < -0.4 is 0 Å². The van der Waals surface area contributed by atoms with Gasteiger partial charge in [-0.3, -0.25) is 0 Å². The smallest absolute Gasteiger partial charge is 0.0809 e. The molecule has 0 aromatic heterocycles. The number of hydrogen-bond donors (Lipinski definition) is 2. The highest BCUT2D eigenvalue weighted by Crippen LogP contribution is 2.63. The van der Waals surface area contributed by atoms with Gasteiger partial charge in [0.15, 0.2) is 0 Å². The van der Waals surface area contributed by atoms with Crippen molar-refractivity contribution in [2.45, 2.75) is 39.7 Å². The molecule has 0 aromatic rings. The number of hydrogen-bond acceptors (Lipinski definition) is 2. The van der Waals surface area contributed by atoms with Crippen molar-refractivity contribution in [3.8, 4) is 0 Å². The van der Waals surface area contributed by atoms with Crippen LogP contribution in [-0.2, 0) is 0 Å². The van der Waals surface area contributed by atoms with Crippen LogP contribution in [0, 0.1) is 22.7 Å². The minimum Gasteiger partial charge on any atom is -0.392 e. The number of allylic oxidation sites excluding steroid dienone is 3. The molecule has 94 valence electrons.